The summed E-state index contributed by atoms with van der Waals surface area (Å²) in [7, 11) is 0. The number of thioether (sulfide) groups is 1. The van der Waals surface area contributed by atoms with E-state index in [2.05, 4.69) is 19.2 Å². The highest BCUT2D eigenvalue weighted by Crippen LogP contribution is 2.33. The Balaban J connectivity index is 2.22. The molecule has 1 heterocycles. The minimum atomic E-state index is -4.04. The highest BCUT2D eigenvalue weighted by atomic mass is 32.2. The van der Waals surface area contributed by atoms with Crippen LogP contribution in [0.3, 0.4) is 0 Å². The topological polar surface area (TPSA) is 12.0 Å². The molecule has 0 bridgehead atoms. The van der Waals surface area contributed by atoms with Crippen molar-refractivity contribution < 1.29 is 13.2 Å². The van der Waals surface area contributed by atoms with Crippen molar-refractivity contribution in [2.24, 2.45) is 5.41 Å². The van der Waals surface area contributed by atoms with Gasteiger partial charge in [-0.25, -0.2) is 0 Å². The van der Waals surface area contributed by atoms with Crippen LogP contribution in [-0.2, 0) is 0 Å². The predicted octanol–water partition coefficient (Wildman–Crippen LogP) is 3.06. The first-order valence-electron chi connectivity index (χ1n) is 5.16. The highest BCUT2D eigenvalue weighted by molar-refractivity contribution is 7.99. The van der Waals surface area contributed by atoms with Crippen molar-refractivity contribution in [1.29, 1.82) is 0 Å². The van der Waals surface area contributed by atoms with E-state index >= 15 is 0 Å². The fourth-order valence-corrected chi connectivity index (χ4v) is 3.12. The van der Waals surface area contributed by atoms with Gasteiger partial charge >= 0.3 is 6.18 Å². The molecular formula is C10H18F3NS. The van der Waals surface area contributed by atoms with E-state index in [-0.39, 0.29) is 18.0 Å². The maximum atomic E-state index is 11.9. The second kappa shape index (κ2) is 4.95. The van der Waals surface area contributed by atoms with Crippen LogP contribution in [-0.4, -0.2) is 30.3 Å². The summed E-state index contributed by atoms with van der Waals surface area (Å²) in [5, 5.41) is 2.99. The summed E-state index contributed by atoms with van der Waals surface area (Å²) in [4.78, 5) is 0. The lowest BCUT2D eigenvalue weighted by atomic mass is 9.88. The third-order valence-electron chi connectivity index (χ3n) is 2.45. The van der Waals surface area contributed by atoms with Crippen LogP contribution in [0.1, 0.15) is 26.7 Å². The molecule has 1 unspecified atom stereocenters. The third kappa shape index (κ3) is 5.66. The minimum Gasteiger partial charge on any atom is -0.313 e. The van der Waals surface area contributed by atoms with Crippen molar-refractivity contribution in [3.63, 3.8) is 0 Å². The molecule has 15 heavy (non-hydrogen) atoms. The zero-order valence-corrected chi connectivity index (χ0v) is 9.97. The van der Waals surface area contributed by atoms with Gasteiger partial charge in [-0.3, -0.25) is 0 Å². The van der Waals surface area contributed by atoms with Gasteiger partial charge in [0.2, 0.25) is 0 Å². The number of halogens is 3. The summed E-state index contributed by atoms with van der Waals surface area (Å²) in [6.07, 6.45) is -3.79. The SMILES string of the molecule is CC1(C)CSCC(NCCC(F)(F)F)C1. The first-order chi connectivity index (χ1) is 6.79. The number of hydrogen-bond acceptors (Lipinski definition) is 2. The molecule has 0 aromatic rings. The summed E-state index contributed by atoms with van der Waals surface area (Å²) in [5.41, 5.74) is 0.249. The minimum absolute atomic E-state index is 0.0464. The van der Waals surface area contributed by atoms with Crippen LogP contribution in [0.25, 0.3) is 0 Å². The number of nitrogens with one attached hydrogen (secondary N) is 1. The molecule has 1 rings (SSSR count). The fraction of sp³-hybridized carbons (Fsp3) is 1.00. The quantitative estimate of drug-likeness (QED) is 0.815. The average molecular weight is 241 g/mol. The van der Waals surface area contributed by atoms with E-state index in [1.165, 1.54) is 0 Å². The van der Waals surface area contributed by atoms with E-state index in [1.54, 1.807) is 0 Å². The van der Waals surface area contributed by atoms with Crippen molar-refractivity contribution in [1.82, 2.24) is 5.32 Å². The van der Waals surface area contributed by atoms with Crippen LogP contribution in [0.15, 0.2) is 0 Å². The van der Waals surface area contributed by atoms with Crippen LogP contribution in [0.5, 0.6) is 0 Å². The molecule has 1 nitrogen and oxygen atoms in total. The number of hydrogen-bond donors (Lipinski definition) is 1. The average Bonchev–Trinajstić information content (AvgIpc) is 1.99. The first-order valence-corrected chi connectivity index (χ1v) is 6.32. The molecular weight excluding hydrogens is 223 g/mol. The standard InChI is InChI=1S/C10H18F3NS/c1-9(2)5-8(6-15-7-9)14-4-3-10(11,12)13/h8,14H,3-7H2,1-2H3. The molecule has 5 heteroatoms. The molecule has 0 amide bonds. The Labute approximate surface area is 93.2 Å². The van der Waals surface area contributed by atoms with Crippen molar-refractivity contribution in [3.8, 4) is 0 Å². The molecule has 0 spiro atoms. The summed E-state index contributed by atoms with van der Waals surface area (Å²) in [6.45, 7) is 4.38. The molecule has 1 aliphatic rings. The van der Waals surface area contributed by atoms with Crippen molar-refractivity contribution in [2.75, 3.05) is 18.1 Å². The molecule has 0 aromatic heterocycles. The molecule has 1 fully saturated rings. The van der Waals surface area contributed by atoms with E-state index in [4.69, 9.17) is 0 Å². The Morgan fingerprint density at radius 2 is 2.07 bits per heavy atom. The summed E-state index contributed by atoms with van der Waals surface area (Å²) in [5.74, 6) is 2.03. The van der Waals surface area contributed by atoms with Gasteiger partial charge < -0.3 is 5.32 Å². The van der Waals surface area contributed by atoms with Gasteiger partial charge in [0.1, 0.15) is 0 Å². The fourth-order valence-electron chi connectivity index (χ4n) is 1.81. The lowest BCUT2D eigenvalue weighted by molar-refractivity contribution is -0.133. The van der Waals surface area contributed by atoms with Crippen LogP contribution in [0.4, 0.5) is 13.2 Å². The molecule has 1 aliphatic heterocycles. The molecule has 1 atom stereocenters. The zero-order valence-electron chi connectivity index (χ0n) is 9.16. The van der Waals surface area contributed by atoms with Crippen molar-refractivity contribution >= 4 is 11.8 Å². The zero-order chi connectivity index (χ0) is 11.5. The van der Waals surface area contributed by atoms with Crippen LogP contribution >= 0.6 is 11.8 Å². The third-order valence-corrected chi connectivity index (χ3v) is 4.08. The van der Waals surface area contributed by atoms with Gasteiger partial charge in [-0.2, -0.15) is 24.9 Å². The van der Waals surface area contributed by atoms with E-state index in [9.17, 15) is 13.2 Å². The second-order valence-corrected chi connectivity index (χ2v) is 5.93. The molecule has 0 radical (unpaired) electrons. The number of alkyl halides is 3. The molecule has 0 aromatic carbocycles. The smallest absolute Gasteiger partial charge is 0.313 e. The van der Waals surface area contributed by atoms with Crippen molar-refractivity contribution in [2.45, 2.75) is 38.9 Å². The first kappa shape index (κ1) is 13.2. The summed E-state index contributed by atoms with van der Waals surface area (Å²) < 4.78 is 35.8. The molecule has 90 valence electrons. The summed E-state index contributed by atoms with van der Waals surface area (Å²) in [6, 6.07) is 0.237. The highest BCUT2D eigenvalue weighted by Gasteiger charge is 2.30. The Kier molecular flexibility index (Phi) is 4.35. The summed E-state index contributed by atoms with van der Waals surface area (Å²) >= 11 is 1.82. The molecule has 1 N–H and O–H groups in total. The molecule has 0 saturated carbocycles. The Bertz CT molecular complexity index is 203. The van der Waals surface area contributed by atoms with Gasteiger partial charge in [-0.15, -0.1) is 0 Å². The van der Waals surface area contributed by atoms with Crippen LogP contribution in [0.2, 0.25) is 0 Å². The van der Waals surface area contributed by atoms with E-state index in [0.717, 1.165) is 17.9 Å². The maximum absolute atomic E-state index is 11.9. The molecule has 1 saturated heterocycles. The Hall–Kier alpha value is 0.100. The Morgan fingerprint density at radius 1 is 1.40 bits per heavy atom. The second-order valence-electron chi connectivity index (χ2n) is 4.90. The predicted molar refractivity (Wildman–Crippen MR) is 58.2 cm³/mol. The monoisotopic (exact) mass is 241 g/mol. The van der Waals surface area contributed by atoms with E-state index in [1.807, 2.05) is 11.8 Å². The van der Waals surface area contributed by atoms with Gasteiger partial charge in [0.25, 0.3) is 0 Å². The van der Waals surface area contributed by atoms with Gasteiger partial charge in [-0.05, 0) is 17.6 Å². The number of rotatable bonds is 3. The normalized spacial score (nSPS) is 26.6. The maximum Gasteiger partial charge on any atom is 0.390 e. The van der Waals surface area contributed by atoms with Gasteiger partial charge in [0.05, 0.1) is 6.42 Å². The van der Waals surface area contributed by atoms with E-state index in [0.29, 0.717) is 0 Å². The van der Waals surface area contributed by atoms with Gasteiger partial charge in [-0.1, -0.05) is 13.8 Å². The van der Waals surface area contributed by atoms with Crippen LogP contribution < -0.4 is 5.32 Å². The van der Waals surface area contributed by atoms with Gasteiger partial charge in [0, 0.05) is 18.3 Å². The Morgan fingerprint density at radius 3 is 2.60 bits per heavy atom. The lowest BCUT2D eigenvalue weighted by Gasteiger charge is -2.35. The largest absolute Gasteiger partial charge is 0.390 e. The molecule has 0 aliphatic carbocycles. The van der Waals surface area contributed by atoms with Gasteiger partial charge in [0.15, 0.2) is 0 Å². The van der Waals surface area contributed by atoms with Crippen LogP contribution in [0, 0.1) is 5.41 Å². The van der Waals surface area contributed by atoms with E-state index < -0.39 is 12.6 Å². The van der Waals surface area contributed by atoms with Crippen molar-refractivity contribution in [3.05, 3.63) is 0 Å². The lowest BCUT2D eigenvalue weighted by Crippen LogP contribution is -2.41.